The molecule has 0 aliphatic heterocycles. The summed E-state index contributed by atoms with van der Waals surface area (Å²) < 4.78 is 0. The second-order valence-corrected chi connectivity index (χ2v) is 11.7. The molecule has 0 saturated heterocycles. The number of hydrogen-bond donors (Lipinski definition) is 1. The number of nitriles is 1. The van der Waals surface area contributed by atoms with E-state index in [1.807, 2.05) is 27.7 Å². The average Bonchev–Trinajstić information content (AvgIpc) is 3.08. The maximum Gasteiger partial charge on any atom is 0.0957 e. The van der Waals surface area contributed by atoms with Gasteiger partial charge >= 0.3 is 0 Å². The Balaban J connectivity index is 0.00000177. The number of hydrogen-bond acceptors (Lipinski definition) is 3. The average molecular weight is 616 g/mol. The third-order valence-electron chi connectivity index (χ3n) is 8.28. The van der Waals surface area contributed by atoms with Crippen molar-refractivity contribution in [1.29, 1.82) is 5.26 Å². The van der Waals surface area contributed by atoms with Crippen LogP contribution < -0.4 is 5.73 Å². The highest BCUT2D eigenvalue weighted by Gasteiger charge is 2.16. The van der Waals surface area contributed by atoms with Crippen molar-refractivity contribution < 1.29 is 0 Å². The van der Waals surface area contributed by atoms with E-state index in [0.29, 0.717) is 12.0 Å². The van der Waals surface area contributed by atoms with E-state index < -0.39 is 0 Å². The molecule has 2 N–H and O–H groups in total. The highest BCUT2D eigenvalue weighted by Crippen LogP contribution is 2.23. The highest BCUT2D eigenvalue weighted by atomic mass is 15.1. The van der Waals surface area contributed by atoms with Crippen molar-refractivity contribution in [3.8, 4) is 6.07 Å². The smallest absolute Gasteiger partial charge is 0.0957 e. The van der Waals surface area contributed by atoms with Gasteiger partial charge in [0.15, 0.2) is 0 Å². The molecule has 4 aromatic rings. The van der Waals surface area contributed by atoms with Gasteiger partial charge in [-0.3, -0.25) is 4.90 Å². The minimum atomic E-state index is -0.327. The van der Waals surface area contributed by atoms with E-state index in [-0.39, 0.29) is 6.04 Å². The van der Waals surface area contributed by atoms with E-state index in [4.69, 9.17) is 5.73 Å². The third kappa shape index (κ3) is 12.4. The largest absolute Gasteiger partial charge is 0.323 e. The predicted octanol–water partition coefficient (Wildman–Crippen LogP) is 10.0. The van der Waals surface area contributed by atoms with E-state index >= 15 is 0 Å². The summed E-state index contributed by atoms with van der Waals surface area (Å²) in [5.74, 6) is 0. The molecule has 4 aromatic carbocycles. The topological polar surface area (TPSA) is 53.1 Å². The van der Waals surface area contributed by atoms with Gasteiger partial charge in [-0.2, -0.15) is 5.26 Å². The van der Waals surface area contributed by atoms with Gasteiger partial charge < -0.3 is 5.73 Å². The molecule has 0 aliphatic carbocycles. The Morgan fingerprint density at radius 2 is 1.22 bits per heavy atom. The van der Waals surface area contributed by atoms with Crippen LogP contribution in [0.2, 0.25) is 0 Å². The van der Waals surface area contributed by atoms with Gasteiger partial charge in [-0.25, -0.2) is 0 Å². The zero-order chi connectivity index (χ0) is 33.9. The second-order valence-electron chi connectivity index (χ2n) is 11.7. The molecule has 1 atom stereocenters. The molecule has 244 valence electrons. The molecule has 0 amide bonds. The molecule has 3 heteroatoms. The SMILES string of the molecule is C=C(C#N)C(N)CCN(Cc1ccccc1CCc1cccc(C)c1)Cc1c(C)cccc1CCc1cccc(C)c1.CC.CC. The quantitative estimate of drug-likeness (QED) is 0.144. The van der Waals surface area contributed by atoms with Gasteiger partial charge in [-0.05, 0) is 91.8 Å². The molecule has 1 unspecified atom stereocenters. The van der Waals surface area contributed by atoms with Crippen LogP contribution in [0.25, 0.3) is 0 Å². The Morgan fingerprint density at radius 3 is 1.78 bits per heavy atom. The lowest BCUT2D eigenvalue weighted by atomic mass is 9.95. The van der Waals surface area contributed by atoms with Crippen LogP contribution in [-0.2, 0) is 38.8 Å². The number of rotatable bonds is 14. The maximum absolute atomic E-state index is 9.35. The summed E-state index contributed by atoms with van der Waals surface area (Å²) in [5.41, 5.74) is 19.0. The maximum atomic E-state index is 9.35. The minimum absolute atomic E-state index is 0.327. The number of benzene rings is 4. The van der Waals surface area contributed by atoms with Crippen LogP contribution in [-0.4, -0.2) is 17.5 Å². The monoisotopic (exact) mass is 615 g/mol. The molecule has 46 heavy (non-hydrogen) atoms. The van der Waals surface area contributed by atoms with Crippen molar-refractivity contribution in [2.75, 3.05) is 6.54 Å². The van der Waals surface area contributed by atoms with Crippen LogP contribution >= 0.6 is 0 Å². The van der Waals surface area contributed by atoms with Crippen LogP contribution in [0.5, 0.6) is 0 Å². The van der Waals surface area contributed by atoms with E-state index in [1.54, 1.807) is 0 Å². The van der Waals surface area contributed by atoms with E-state index in [2.05, 4.69) is 129 Å². The number of nitrogens with zero attached hydrogens (tertiary/aromatic N) is 2. The van der Waals surface area contributed by atoms with Gasteiger partial charge in [-0.1, -0.05) is 136 Å². The normalized spacial score (nSPS) is 11.0. The van der Waals surface area contributed by atoms with Gasteiger partial charge in [0.25, 0.3) is 0 Å². The molecule has 0 saturated carbocycles. The lowest BCUT2D eigenvalue weighted by Crippen LogP contribution is -2.31. The molecule has 4 rings (SSSR count). The van der Waals surface area contributed by atoms with Gasteiger partial charge in [0.2, 0.25) is 0 Å². The first-order valence-corrected chi connectivity index (χ1v) is 17.1. The van der Waals surface area contributed by atoms with Crippen molar-refractivity contribution in [2.24, 2.45) is 5.73 Å². The predicted molar refractivity (Wildman–Crippen MR) is 199 cm³/mol. The molecule has 0 radical (unpaired) electrons. The van der Waals surface area contributed by atoms with Crippen molar-refractivity contribution in [1.82, 2.24) is 4.90 Å². The molecule has 0 bridgehead atoms. The summed E-state index contributed by atoms with van der Waals surface area (Å²) in [4.78, 5) is 2.51. The Kier molecular flexibility index (Phi) is 17.4. The first-order chi connectivity index (χ1) is 22.3. The summed E-state index contributed by atoms with van der Waals surface area (Å²) in [5, 5.41) is 9.35. The lowest BCUT2D eigenvalue weighted by Gasteiger charge is -2.27. The van der Waals surface area contributed by atoms with E-state index in [1.165, 1.54) is 50.1 Å². The van der Waals surface area contributed by atoms with Crippen LogP contribution in [0.4, 0.5) is 0 Å². The molecular formula is C43H57N3. The Hall–Kier alpha value is -3.97. The summed E-state index contributed by atoms with van der Waals surface area (Å²) in [6.45, 7) is 20.9. The summed E-state index contributed by atoms with van der Waals surface area (Å²) in [6, 6.07) is 35.0. The van der Waals surface area contributed by atoms with E-state index in [9.17, 15) is 5.26 Å². The van der Waals surface area contributed by atoms with Crippen LogP contribution in [0.3, 0.4) is 0 Å². The summed E-state index contributed by atoms with van der Waals surface area (Å²) in [6.07, 6.45) is 4.75. The van der Waals surface area contributed by atoms with Crippen LogP contribution in [0.1, 0.15) is 84.2 Å². The van der Waals surface area contributed by atoms with E-state index in [0.717, 1.165) is 45.3 Å². The Bertz CT molecular complexity index is 1530. The molecular weight excluding hydrogens is 558 g/mol. The van der Waals surface area contributed by atoms with Gasteiger partial charge in [0.1, 0.15) is 0 Å². The van der Waals surface area contributed by atoms with Crippen molar-refractivity contribution in [3.05, 3.63) is 153 Å². The molecule has 3 nitrogen and oxygen atoms in total. The summed E-state index contributed by atoms with van der Waals surface area (Å²) >= 11 is 0. The first-order valence-electron chi connectivity index (χ1n) is 17.1. The lowest BCUT2D eigenvalue weighted by molar-refractivity contribution is 0.248. The van der Waals surface area contributed by atoms with Crippen molar-refractivity contribution in [3.63, 3.8) is 0 Å². The van der Waals surface area contributed by atoms with Crippen molar-refractivity contribution in [2.45, 2.75) is 99.7 Å². The Morgan fingerprint density at radius 1 is 0.696 bits per heavy atom. The fourth-order valence-electron chi connectivity index (χ4n) is 5.73. The minimum Gasteiger partial charge on any atom is -0.323 e. The highest BCUT2D eigenvalue weighted by molar-refractivity contribution is 5.36. The van der Waals surface area contributed by atoms with Crippen molar-refractivity contribution >= 4 is 0 Å². The third-order valence-corrected chi connectivity index (χ3v) is 8.28. The fourth-order valence-corrected chi connectivity index (χ4v) is 5.73. The molecule has 0 spiro atoms. The van der Waals surface area contributed by atoms with Crippen LogP contribution in [0, 0.1) is 32.1 Å². The Labute approximate surface area is 280 Å². The fraction of sp³-hybridized carbons (Fsp3) is 0.372. The molecule has 0 aliphatic rings. The van der Waals surface area contributed by atoms with Gasteiger partial charge in [-0.15, -0.1) is 0 Å². The number of nitrogens with two attached hydrogens (primary N) is 1. The number of aryl methyl sites for hydroxylation is 7. The van der Waals surface area contributed by atoms with Gasteiger partial charge in [0, 0.05) is 31.2 Å². The van der Waals surface area contributed by atoms with Crippen LogP contribution in [0.15, 0.2) is 103 Å². The van der Waals surface area contributed by atoms with Gasteiger partial charge in [0.05, 0.1) is 6.07 Å². The first kappa shape index (κ1) is 38.2. The second kappa shape index (κ2) is 20.9. The molecule has 0 aromatic heterocycles. The molecule has 0 fully saturated rings. The standard InChI is InChI=1S/C39H45N3.2C2H6/c1-29-10-7-13-33(24-29)18-20-35-15-5-6-16-37(35)27-42(23-22-39(41)32(4)26-40)28-38-31(3)12-9-17-36(38)21-19-34-14-8-11-30(2)25-34;2*1-2/h5-17,24-25,39H,4,18-23,27-28,41H2,1-3H3;2*1-2H3. The summed E-state index contributed by atoms with van der Waals surface area (Å²) in [7, 11) is 0. The molecule has 0 heterocycles. The zero-order valence-corrected chi connectivity index (χ0v) is 29.6. The zero-order valence-electron chi connectivity index (χ0n) is 29.6.